The van der Waals surface area contributed by atoms with Gasteiger partial charge in [-0.25, -0.2) is 5.43 Å². The smallest absolute Gasteiger partial charge is 0.376 e. The zero-order valence-electron chi connectivity index (χ0n) is 12.2. The largest absolute Gasteiger partial charge is 0.416 e. The van der Waals surface area contributed by atoms with Gasteiger partial charge in [0.05, 0.1) is 12.1 Å². The van der Waals surface area contributed by atoms with Crippen LogP contribution in [0.25, 0.3) is 0 Å². The minimum Gasteiger partial charge on any atom is -0.376 e. The third kappa shape index (κ3) is 3.55. The lowest BCUT2D eigenvalue weighted by Crippen LogP contribution is -2.36. The zero-order chi connectivity index (χ0) is 16.4. The predicted molar refractivity (Wildman–Crippen MR) is 80.9 cm³/mol. The Labute approximate surface area is 131 Å². The molecule has 2 aliphatic rings. The van der Waals surface area contributed by atoms with Crippen LogP contribution >= 0.6 is 0 Å². The van der Waals surface area contributed by atoms with E-state index in [1.807, 2.05) is 0 Å². The SMILES string of the molecule is O=C(CNc1cccc(C(F)(F)F)c1)N/N=C1/C[C@H]2CC=C[C@H]12. The molecule has 2 N–H and O–H groups in total. The lowest BCUT2D eigenvalue weighted by atomic mass is 9.74. The summed E-state index contributed by atoms with van der Waals surface area (Å²) in [5, 5.41) is 6.75. The molecular weight excluding hydrogens is 307 g/mol. The van der Waals surface area contributed by atoms with E-state index in [2.05, 4.69) is 28.0 Å². The molecule has 0 unspecified atom stereocenters. The molecule has 3 rings (SSSR count). The molecule has 0 heterocycles. The van der Waals surface area contributed by atoms with Gasteiger partial charge in [0.2, 0.25) is 0 Å². The molecule has 1 amide bonds. The van der Waals surface area contributed by atoms with Crippen molar-refractivity contribution in [2.24, 2.45) is 16.9 Å². The Morgan fingerprint density at radius 2 is 2.17 bits per heavy atom. The molecule has 1 aromatic carbocycles. The number of nitrogens with one attached hydrogen (secondary N) is 2. The molecule has 1 saturated carbocycles. The van der Waals surface area contributed by atoms with Crippen molar-refractivity contribution in [2.75, 3.05) is 11.9 Å². The molecule has 0 aromatic heterocycles. The van der Waals surface area contributed by atoms with E-state index in [4.69, 9.17) is 0 Å². The molecule has 2 atom stereocenters. The molecule has 0 radical (unpaired) electrons. The second-order valence-electron chi connectivity index (χ2n) is 5.72. The maximum Gasteiger partial charge on any atom is 0.416 e. The van der Waals surface area contributed by atoms with Gasteiger partial charge in [-0.1, -0.05) is 18.2 Å². The Kier molecular flexibility index (Phi) is 4.11. The lowest BCUT2D eigenvalue weighted by Gasteiger charge is -2.31. The van der Waals surface area contributed by atoms with Gasteiger partial charge >= 0.3 is 6.18 Å². The molecule has 4 nitrogen and oxygen atoms in total. The monoisotopic (exact) mass is 323 g/mol. The van der Waals surface area contributed by atoms with Crippen LogP contribution in [0.4, 0.5) is 18.9 Å². The number of amides is 1. The molecule has 0 aliphatic heterocycles. The molecule has 23 heavy (non-hydrogen) atoms. The van der Waals surface area contributed by atoms with Crippen molar-refractivity contribution in [3.05, 3.63) is 42.0 Å². The van der Waals surface area contributed by atoms with E-state index in [0.717, 1.165) is 30.7 Å². The summed E-state index contributed by atoms with van der Waals surface area (Å²) in [5.41, 5.74) is 2.89. The van der Waals surface area contributed by atoms with Crippen molar-refractivity contribution in [1.29, 1.82) is 0 Å². The van der Waals surface area contributed by atoms with Gasteiger partial charge in [0.25, 0.3) is 5.91 Å². The minimum absolute atomic E-state index is 0.137. The Morgan fingerprint density at radius 3 is 2.91 bits per heavy atom. The van der Waals surface area contributed by atoms with Gasteiger partial charge < -0.3 is 5.32 Å². The third-order valence-corrected chi connectivity index (χ3v) is 4.11. The molecule has 7 heteroatoms. The first-order chi connectivity index (χ1) is 10.9. The highest BCUT2D eigenvalue weighted by Gasteiger charge is 2.37. The van der Waals surface area contributed by atoms with Crippen molar-refractivity contribution in [2.45, 2.75) is 19.0 Å². The summed E-state index contributed by atoms with van der Waals surface area (Å²) in [6.45, 7) is -0.137. The van der Waals surface area contributed by atoms with E-state index < -0.39 is 11.7 Å². The first kappa shape index (κ1) is 15.6. The van der Waals surface area contributed by atoms with Gasteiger partial charge in [0.1, 0.15) is 0 Å². The summed E-state index contributed by atoms with van der Waals surface area (Å²) in [4.78, 5) is 11.7. The fourth-order valence-electron chi connectivity index (χ4n) is 2.82. The van der Waals surface area contributed by atoms with Crippen molar-refractivity contribution in [1.82, 2.24) is 5.43 Å². The number of anilines is 1. The first-order valence-corrected chi connectivity index (χ1v) is 7.36. The zero-order valence-corrected chi connectivity index (χ0v) is 12.2. The van der Waals surface area contributed by atoms with E-state index in [0.29, 0.717) is 11.8 Å². The number of hydrogen-bond donors (Lipinski definition) is 2. The minimum atomic E-state index is -4.40. The van der Waals surface area contributed by atoms with Crippen LogP contribution in [0.2, 0.25) is 0 Å². The summed E-state index contributed by atoms with van der Waals surface area (Å²) in [7, 11) is 0. The van der Waals surface area contributed by atoms with Gasteiger partial charge in [-0.15, -0.1) is 0 Å². The van der Waals surface area contributed by atoms with Crippen molar-refractivity contribution < 1.29 is 18.0 Å². The van der Waals surface area contributed by atoms with Crippen LogP contribution in [0.1, 0.15) is 18.4 Å². The Bertz CT molecular complexity index is 667. The highest BCUT2D eigenvalue weighted by molar-refractivity contribution is 5.95. The summed E-state index contributed by atoms with van der Waals surface area (Å²) in [5.74, 6) is 0.570. The van der Waals surface area contributed by atoms with Gasteiger partial charge in [0, 0.05) is 17.3 Å². The van der Waals surface area contributed by atoms with Gasteiger partial charge in [-0.2, -0.15) is 18.3 Å². The molecule has 122 valence electrons. The Morgan fingerprint density at radius 1 is 1.35 bits per heavy atom. The van der Waals surface area contributed by atoms with Crippen LogP contribution in [0, 0.1) is 11.8 Å². The van der Waals surface area contributed by atoms with E-state index in [1.165, 1.54) is 12.1 Å². The van der Waals surface area contributed by atoms with Crippen LogP contribution in [0.3, 0.4) is 0 Å². The summed E-state index contributed by atoms with van der Waals surface area (Å²) < 4.78 is 37.8. The molecule has 0 bridgehead atoms. The van der Waals surface area contributed by atoms with E-state index in [1.54, 1.807) is 0 Å². The average Bonchev–Trinajstić information content (AvgIpc) is 2.86. The number of carbonyl (C=O) groups is 1. The highest BCUT2D eigenvalue weighted by Crippen LogP contribution is 2.40. The molecule has 0 spiro atoms. The number of halogens is 3. The third-order valence-electron chi connectivity index (χ3n) is 4.11. The van der Waals surface area contributed by atoms with Crippen LogP contribution in [-0.4, -0.2) is 18.2 Å². The van der Waals surface area contributed by atoms with Crippen LogP contribution in [-0.2, 0) is 11.0 Å². The van der Waals surface area contributed by atoms with Crippen LogP contribution in [0.5, 0.6) is 0 Å². The molecule has 1 fully saturated rings. The molecule has 2 aliphatic carbocycles. The van der Waals surface area contributed by atoms with E-state index in [9.17, 15) is 18.0 Å². The summed E-state index contributed by atoms with van der Waals surface area (Å²) >= 11 is 0. The number of fused-ring (bicyclic) bond motifs is 1. The van der Waals surface area contributed by atoms with Crippen LogP contribution < -0.4 is 10.7 Å². The van der Waals surface area contributed by atoms with Crippen molar-refractivity contribution in [3.8, 4) is 0 Å². The molecular formula is C16H16F3N3O. The number of alkyl halides is 3. The Hall–Kier alpha value is -2.31. The maximum absolute atomic E-state index is 12.6. The second kappa shape index (κ2) is 6.06. The number of hydrazone groups is 1. The second-order valence-corrected chi connectivity index (χ2v) is 5.72. The topological polar surface area (TPSA) is 53.5 Å². The predicted octanol–water partition coefficient (Wildman–Crippen LogP) is 3.19. The summed E-state index contributed by atoms with van der Waals surface area (Å²) in [6, 6.07) is 4.73. The lowest BCUT2D eigenvalue weighted by molar-refractivity contribution is -0.137. The molecule has 0 saturated heterocycles. The standard InChI is InChI=1S/C16H16F3N3O/c17-16(18,19)11-4-2-5-12(8-11)20-9-15(23)22-21-14-7-10-3-1-6-13(10)14/h1-2,4-6,8,10,13,20H,3,7,9H2,(H,22,23)/b21-14-/t10-,13+/m1/s1. The number of carbonyl (C=O) groups excluding carboxylic acids is 1. The molecule has 1 aromatic rings. The fraction of sp³-hybridized carbons (Fsp3) is 0.375. The Balaban J connectivity index is 1.50. The number of allylic oxidation sites excluding steroid dienone is 2. The summed E-state index contributed by atoms with van der Waals surface area (Å²) in [6.07, 6.45) is 1.77. The van der Waals surface area contributed by atoms with Crippen molar-refractivity contribution in [3.63, 3.8) is 0 Å². The maximum atomic E-state index is 12.6. The number of hydrogen-bond acceptors (Lipinski definition) is 3. The number of benzene rings is 1. The fourth-order valence-corrected chi connectivity index (χ4v) is 2.82. The van der Waals surface area contributed by atoms with E-state index in [-0.39, 0.29) is 18.1 Å². The van der Waals surface area contributed by atoms with Crippen LogP contribution in [0.15, 0.2) is 41.5 Å². The number of rotatable bonds is 4. The van der Waals surface area contributed by atoms with Crippen molar-refractivity contribution >= 4 is 17.3 Å². The average molecular weight is 323 g/mol. The normalized spacial score (nSPS) is 24.2. The number of nitrogens with zero attached hydrogens (tertiary/aromatic N) is 1. The van der Waals surface area contributed by atoms with E-state index >= 15 is 0 Å². The van der Waals surface area contributed by atoms with Gasteiger partial charge in [-0.3, -0.25) is 4.79 Å². The highest BCUT2D eigenvalue weighted by atomic mass is 19.4. The first-order valence-electron chi connectivity index (χ1n) is 7.36. The quantitative estimate of drug-likeness (QED) is 0.660. The van der Waals surface area contributed by atoms with Gasteiger partial charge in [0.15, 0.2) is 0 Å². The van der Waals surface area contributed by atoms with Gasteiger partial charge in [-0.05, 0) is 37.0 Å².